The summed E-state index contributed by atoms with van der Waals surface area (Å²) >= 11 is 4.01. The number of nitrogens with two attached hydrogens (primary N) is 1. The molecule has 4 atom stereocenters. The molecule has 0 rings (SSSR count). The lowest BCUT2D eigenvalue weighted by molar-refractivity contribution is -0.141. The topological polar surface area (TPSA) is 188 Å². The van der Waals surface area contributed by atoms with E-state index < -0.39 is 53.8 Å². The fraction of sp³-hybridized carbons (Fsp3) is 0.706. The Hall–Kier alpha value is -2.34. The van der Waals surface area contributed by atoms with Gasteiger partial charge in [0.25, 0.3) is 0 Å². The summed E-state index contributed by atoms with van der Waals surface area (Å²) in [6, 6.07) is -4.38. The normalized spacial score (nSPS) is 15.0. The van der Waals surface area contributed by atoms with Crippen LogP contribution < -0.4 is 21.7 Å². The van der Waals surface area contributed by atoms with Crippen LogP contribution in [0.4, 0.5) is 0 Å². The van der Waals surface area contributed by atoms with E-state index in [9.17, 15) is 24.0 Å². The molecule has 11 nitrogen and oxygen atoms in total. The number of carboxylic acids is 2. The Morgan fingerprint density at radius 1 is 0.897 bits per heavy atom. The third-order valence-electron chi connectivity index (χ3n) is 3.89. The van der Waals surface area contributed by atoms with Gasteiger partial charge in [0, 0.05) is 12.2 Å². The smallest absolute Gasteiger partial charge is 0.325 e. The summed E-state index contributed by atoms with van der Waals surface area (Å²) in [6.45, 7) is 4.93. The number of carbonyl (C=O) groups is 5. The van der Waals surface area contributed by atoms with Crippen molar-refractivity contribution >= 4 is 42.3 Å². The number of rotatable bonds is 13. The molecule has 0 aliphatic rings. The van der Waals surface area contributed by atoms with Crippen molar-refractivity contribution in [1.82, 2.24) is 16.0 Å². The van der Waals surface area contributed by atoms with Crippen molar-refractivity contribution in [3.63, 3.8) is 0 Å². The van der Waals surface area contributed by atoms with Gasteiger partial charge in [0.05, 0.1) is 6.04 Å². The summed E-state index contributed by atoms with van der Waals surface area (Å²) in [5.74, 6) is -4.48. The number of thiol groups is 1. The zero-order chi connectivity index (χ0) is 22.7. The number of carbonyl (C=O) groups excluding carboxylic acids is 3. The lowest BCUT2D eigenvalue weighted by Gasteiger charge is -2.25. The van der Waals surface area contributed by atoms with Gasteiger partial charge in [-0.05, 0) is 25.7 Å². The molecule has 0 saturated heterocycles. The minimum Gasteiger partial charge on any atom is -0.481 e. The summed E-state index contributed by atoms with van der Waals surface area (Å²) in [7, 11) is 0. The highest BCUT2D eigenvalue weighted by Crippen LogP contribution is 2.07. The molecule has 0 spiro atoms. The lowest BCUT2D eigenvalue weighted by Crippen LogP contribution is -2.57. The highest BCUT2D eigenvalue weighted by Gasteiger charge is 2.29. The van der Waals surface area contributed by atoms with Crippen molar-refractivity contribution in [2.45, 2.75) is 64.2 Å². The van der Waals surface area contributed by atoms with Gasteiger partial charge in [-0.15, -0.1) is 0 Å². The van der Waals surface area contributed by atoms with E-state index in [2.05, 4.69) is 28.6 Å². The van der Waals surface area contributed by atoms with Crippen LogP contribution in [0.15, 0.2) is 0 Å². The van der Waals surface area contributed by atoms with Gasteiger partial charge in [-0.2, -0.15) is 12.6 Å². The summed E-state index contributed by atoms with van der Waals surface area (Å²) in [4.78, 5) is 58.4. The van der Waals surface area contributed by atoms with Crippen LogP contribution in [0, 0.1) is 5.92 Å². The van der Waals surface area contributed by atoms with Crippen LogP contribution in [-0.2, 0) is 24.0 Å². The second kappa shape index (κ2) is 13.0. The fourth-order valence-electron chi connectivity index (χ4n) is 2.23. The van der Waals surface area contributed by atoms with Crippen molar-refractivity contribution in [1.29, 1.82) is 0 Å². The first-order chi connectivity index (χ1) is 13.4. The van der Waals surface area contributed by atoms with Crippen LogP contribution in [0.3, 0.4) is 0 Å². The highest BCUT2D eigenvalue weighted by atomic mass is 32.1. The molecule has 0 bridgehead atoms. The summed E-state index contributed by atoms with van der Waals surface area (Å²) < 4.78 is 0. The molecule has 0 saturated carbocycles. The van der Waals surface area contributed by atoms with Crippen LogP contribution in [-0.4, -0.2) is 69.8 Å². The Bertz CT molecular complexity index is 615. The Kier molecular flexibility index (Phi) is 11.9. The number of nitrogens with one attached hydrogen (secondary N) is 3. The minimum atomic E-state index is -1.23. The van der Waals surface area contributed by atoms with Crippen molar-refractivity contribution in [2.24, 2.45) is 11.7 Å². The molecule has 12 heteroatoms. The predicted octanol–water partition coefficient (Wildman–Crippen LogP) is -1.29. The minimum absolute atomic E-state index is 0.0107. The van der Waals surface area contributed by atoms with Crippen LogP contribution in [0.2, 0.25) is 0 Å². The van der Waals surface area contributed by atoms with Gasteiger partial charge in [-0.25, -0.2) is 0 Å². The first-order valence-corrected chi connectivity index (χ1v) is 9.74. The standard InChI is InChI=1S/C17H30N4O7S/c1-8(2)6-11(20-14(24)10(18)4-5-13(22)23)15(25)21-12(7-29)16(26)19-9(3)17(27)28/h8-12,29H,4-7,18H2,1-3H3,(H,19,26)(H,20,24)(H,21,25)(H,22,23)(H,27,28). The largest absolute Gasteiger partial charge is 0.481 e. The second-order valence-electron chi connectivity index (χ2n) is 7.04. The van der Waals surface area contributed by atoms with Crippen LogP contribution in [0.25, 0.3) is 0 Å². The number of hydrogen-bond acceptors (Lipinski definition) is 7. The zero-order valence-electron chi connectivity index (χ0n) is 16.7. The predicted molar refractivity (Wildman–Crippen MR) is 107 cm³/mol. The Labute approximate surface area is 174 Å². The summed E-state index contributed by atoms with van der Waals surface area (Å²) in [6.07, 6.45) is -0.138. The van der Waals surface area contributed by atoms with Crippen molar-refractivity contribution in [3.05, 3.63) is 0 Å². The number of hydrogen-bond donors (Lipinski definition) is 7. The Balaban J connectivity index is 5.08. The molecule has 3 amide bonds. The van der Waals surface area contributed by atoms with Gasteiger partial charge in [0.1, 0.15) is 18.1 Å². The van der Waals surface area contributed by atoms with Crippen LogP contribution in [0.5, 0.6) is 0 Å². The van der Waals surface area contributed by atoms with Gasteiger partial charge < -0.3 is 31.9 Å². The molecule has 0 fully saturated rings. The first-order valence-electron chi connectivity index (χ1n) is 9.11. The number of amides is 3. The van der Waals surface area contributed by atoms with E-state index in [1.54, 1.807) is 0 Å². The SMILES string of the molecule is CC(C)CC(NC(=O)C(N)CCC(=O)O)C(=O)NC(CS)C(=O)NC(C)C(=O)O. The third kappa shape index (κ3) is 10.7. The molecule has 0 aliphatic heterocycles. The van der Waals surface area contributed by atoms with Gasteiger partial charge in [-0.1, -0.05) is 13.8 Å². The lowest BCUT2D eigenvalue weighted by atomic mass is 10.0. The van der Waals surface area contributed by atoms with E-state index in [-0.39, 0.29) is 30.9 Å². The molecule has 166 valence electrons. The average molecular weight is 435 g/mol. The van der Waals surface area contributed by atoms with Gasteiger partial charge in [0.2, 0.25) is 17.7 Å². The third-order valence-corrected chi connectivity index (χ3v) is 4.26. The summed E-state index contributed by atoms with van der Waals surface area (Å²) in [5.41, 5.74) is 5.66. The number of carboxylic acid groups (broad SMARTS) is 2. The van der Waals surface area contributed by atoms with E-state index in [4.69, 9.17) is 15.9 Å². The first kappa shape index (κ1) is 26.7. The van der Waals surface area contributed by atoms with E-state index in [0.717, 1.165) is 0 Å². The van der Waals surface area contributed by atoms with Crippen LogP contribution in [0.1, 0.15) is 40.0 Å². The zero-order valence-corrected chi connectivity index (χ0v) is 17.6. The molecular weight excluding hydrogens is 404 g/mol. The van der Waals surface area contributed by atoms with Crippen molar-refractivity contribution < 1.29 is 34.2 Å². The van der Waals surface area contributed by atoms with Gasteiger partial charge in [0.15, 0.2) is 0 Å². The maximum atomic E-state index is 12.6. The molecule has 0 aromatic carbocycles. The quantitative estimate of drug-likeness (QED) is 0.174. The molecule has 0 aromatic heterocycles. The van der Waals surface area contributed by atoms with E-state index in [1.165, 1.54) is 6.92 Å². The maximum absolute atomic E-state index is 12.6. The molecule has 29 heavy (non-hydrogen) atoms. The maximum Gasteiger partial charge on any atom is 0.325 e. The highest BCUT2D eigenvalue weighted by molar-refractivity contribution is 7.80. The van der Waals surface area contributed by atoms with Crippen molar-refractivity contribution in [3.8, 4) is 0 Å². The molecule has 0 aromatic rings. The average Bonchev–Trinajstić information content (AvgIpc) is 2.62. The number of aliphatic carboxylic acids is 2. The molecule has 0 aliphatic carbocycles. The van der Waals surface area contributed by atoms with E-state index >= 15 is 0 Å². The molecule has 0 radical (unpaired) electrons. The molecule has 4 unspecified atom stereocenters. The van der Waals surface area contributed by atoms with E-state index in [1.807, 2.05) is 13.8 Å². The fourth-order valence-corrected chi connectivity index (χ4v) is 2.49. The molecular formula is C17H30N4O7S. The Morgan fingerprint density at radius 3 is 1.86 bits per heavy atom. The molecule has 0 heterocycles. The monoisotopic (exact) mass is 434 g/mol. The molecule has 7 N–H and O–H groups in total. The van der Waals surface area contributed by atoms with Gasteiger partial charge in [-0.3, -0.25) is 24.0 Å². The van der Waals surface area contributed by atoms with E-state index in [0.29, 0.717) is 0 Å². The van der Waals surface area contributed by atoms with Gasteiger partial charge >= 0.3 is 11.9 Å². The van der Waals surface area contributed by atoms with Crippen molar-refractivity contribution in [2.75, 3.05) is 5.75 Å². The second-order valence-corrected chi connectivity index (χ2v) is 7.41. The Morgan fingerprint density at radius 2 is 1.41 bits per heavy atom. The summed E-state index contributed by atoms with van der Waals surface area (Å²) in [5, 5.41) is 24.7. The van der Waals surface area contributed by atoms with Crippen LogP contribution >= 0.6 is 12.6 Å².